The second kappa shape index (κ2) is 5.37. The van der Waals surface area contributed by atoms with Gasteiger partial charge in [0.15, 0.2) is 0 Å². The minimum Gasteiger partial charge on any atom is -0.478 e. The van der Waals surface area contributed by atoms with Gasteiger partial charge in [0.05, 0.1) is 17.3 Å². The van der Waals surface area contributed by atoms with E-state index in [1.807, 2.05) is 18.4 Å². The number of hydrogen-bond donors (Lipinski definition) is 1. The van der Waals surface area contributed by atoms with Crippen molar-refractivity contribution in [1.29, 1.82) is 0 Å². The van der Waals surface area contributed by atoms with Gasteiger partial charge < -0.3 is 5.11 Å². The van der Waals surface area contributed by atoms with Crippen molar-refractivity contribution in [3.05, 3.63) is 44.9 Å². The maximum Gasteiger partial charge on any atom is 0.328 e. The number of carboxylic acid groups (broad SMARTS) is 1. The molecule has 0 fully saturated rings. The number of carboxylic acids is 1. The molecule has 0 unspecified atom stereocenters. The van der Waals surface area contributed by atoms with Gasteiger partial charge in [0.25, 0.3) is 0 Å². The Morgan fingerprint density at radius 1 is 1.67 bits per heavy atom. The lowest BCUT2D eigenvalue weighted by Gasteiger charge is -2.00. The highest BCUT2D eigenvalue weighted by Gasteiger charge is 2.06. The highest BCUT2D eigenvalue weighted by molar-refractivity contribution is 7.10. The third kappa shape index (κ3) is 3.00. The Balaban J connectivity index is 2.19. The third-order valence-electron chi connectivity index (χ3n) is 2.38. The SMILES string of the molecule is Cc1nn(Cc2sccc2C=CC(=O)O)cc1Cl. The van der Waals surface area contributed by atoms with Gasteiger partial charge in [0.1, 0.15) is 0 Å². The van der Waals surface area contributed by atoms with E-state index in [0.29, 0.717) is 11.6 Å². The van der Waals surface area contributed by atoms with Crippen LogP contribution in [0.15, 0.2) is 23.7 Å². The molecule has 0 saturated heterocycles. The fourth-order valence-corrected chi connectivity index (χ4v) is 2.52. The molecule has 0 aliphatic rings. The fraction of sp³-hybridized carbons (Fsp3) is 0.167. The van der Waals surface area contributed by atoms with Crippen LogP contribution >= 0.6 is 22.9 Å². The quantitative estimate of drug-likeness (QED) is 0.877. The lowest BCUT2D eigenvalue weighted by atomic mass is 10.2. The van der Waals surface area contributed by atoms with E-state index in [1.165, 1.54) is 0 Å². The highest BCUT2D eigenvalue weighted by atomic mass is 35.5. The summed E-state index contributed by atoms with van der Waals surface area (Å²) in [7, 11) is 0. The topological polar surface area (TPSA) is 55.1 Å². The predicted molar refractivity (Wildman–Crippen MR) is 72.1 cm³/mol. The molecule has 2 aromatic rings. The molecule has 0 spiro atoms. The Kier molecular flexibility index (Phi) is 3.84. The summed E-state index contributed by atoms with van der Waals surface area (Å²) in [5.41, 5.74) is 1.68. The molecule has 2 aromatic heterocycles. The summed E-state index contributed by atoms with van der Waals surface area (Å²) < 4.78 is 1.75. The van der Waals surface area contributed by atoms with E-state index < -0.39 is 5.97 Å². The molecule has 6 heteroatoms. The van der Waals surface area contributed by atoms with Gasteiger partial charge in [-0.3, -0.25) is 4.68 Å². The molecule has 0 saturated carbocycles. The monoisotopic (exact) mass is 282 g/mol. The molecular weight excluding hydrogens is 272 g/mol. The second-order valence-electron chi connectivity index (χ2n) is 3.73. The Morgan fingerprint density at radius 2 is 2.44 bits per heavy atom. The number of hydrogen-bond acceptors (Lipinski definition) is 3. The molecule has 4 nitrogen and oxygen atoms in total. The second-order valence-corrected chi connectivity index (χ2v) is 5.14. The zero-order valence-electron chi connectivity index (χ0n) is 9.63. The number of rotatable bonds is 4. The van der Waals surface area contributed by atoms with Crippen molar-refractivity contribution in [2.75, 3.05) is 0 Å². The minimum atomic E-state index is -0.954. The van der Waals surface area contributed by atoms with Crippen molar-refractivity contribution in [3.63, 3.8) is 0 Å². The number of aryl methyl sites for hydroxylation is 1. The third-order valence-corrected chi connectivity index (χ3v) is 3.67. The first kappa shape index (κ1) is 12.9. The van der Waals surface area contributed by atoms with Crippen LogP contribution in [0.1, 0.15) is 16.1 Å². The molecule has 0 bridgehead atoms. The molecule has 2 heterocycles. The summed E-state index contributed by atoms with van der Waals surface area (Å²) in [5, 5.41) is 15.4. The van der Waals surface area contributed by atoms with Gasteiger partial charge in [-0.15, -0.1) is 11.3 Å². The van der Waals surface area contributed by atoms with Crippen molar-refractivity contribution < 1.29 is 9.90 Å². The van der Waals surface area contributed by atoms with Crippen LogP contribution in [0.25, 0.3) is 6.08 Å². The molecule has 18 heavy (non-hydrogen) atoms. The maximum absolute atomic E-state index is 10.5. The van der Waals surface area contributed by atoms with Gasteiger partial charge in [-0.2, -0.15) is 5.10 Å². The van der Waals surface area contributed by atoms with Crippen LogP contribution in [0.5, 0.6) is 0 Å². The molecule has 0 aliphatic carbocycles. The zero-order chi connectivity index (χ0) is 13.1. The predicted octanol–water partition coefficient (Wildman–Crippen LogP) is 3.05. The first-order valence-electron chi connectivity index (χ1n) is 5.23. The van der Waals surface area contributed by atoms with Crippen molar-refractivity contribution in [1.82, 2.24) is 9.78 Å². The van der Waals surface area contributed by atoms with E-state index in [2.05, 4.69) is 5.10 Å². The van der Waals surface area contributed by atoms with E-state index >= 15 is 0 Å². The smallest absolute Gasteiger partial charge is 0.328 e. The van der Waals surface area contributed by atoms with E-state index in [1.54, 1.807) is 28.3 Å². The fourth-order valence-electron chi connectivity index (χ4n) is 1.51. The number of aromatic nitrogens is 2. The lowest BCUT2D eigenvalue weighted by Crippen LogP contribution is -1.99. The van der Waals surface area contributed by atoms with E-state index in [-0.39, 0.29) is 0 Å². The highest BCUT2D eigenvalue weighted by Crippen LogP contribution is 2.21. The van der Waals surface area contributed by atoms with Crippen LogP contribution < -0.4 is 0 Å². The molecule has 0 radical (unpaired) electrons. The molecule has 0 aliphatic heterocycles. The molecule has 0 amide bonds. The number of thiophene rings is 1. The van der Waals surface area contributed by atoms with E-state index in [4.69, 9.17) is 16.7 Å². The van der Waals surface area contributed by atoms with Crippen LogP contribution in [0.4, 0.5) is 0 Å². The largest absolute Gasteiger partial charge is 0.478 e. The molecule has 0 atom stereocenters. The van der Waals surface area contributed by atoms with Crippen LogP contribution in [-0.4, -0.2) is 20.9 Å². The van der Waals surface area contributed by atoms with Crippen molar-refractivity contribution in [3.8, 4) is 0 Å². The average Bonchev–Trinajstić information content (AvgIpc) is 2.85. The number of halogens is 1. The lowest BCUT2D eigenvalue weighted by molar-refractivity contribution is -0.131. The van der Waals surface area contributed by atoms with Gasteiger partial charge in [0.2, 0.25) is 0 Å². The van der Waals surface area contributed by atoms with Crippen molar-refractivity contribution >= 4 is 35.0 Å². The molecule has 2 rings (SSSR count). The summed E-state index contributed by atoms with van der Waals surface area (Å²) in [6.45, 7) is 2.43. The van der Waals surface area contributed by atoms with Crippen LogP contribution in [0.2, 0.25) is 5.02 Å². The first-order valence-corrected chi connectivity index (χ1v) is 6.49. The zero-order valence-corrected chi connectivity index (χ0v) is 11.2. The van der Waals surface area contributed by atoms with Gasteiger partial charge >= 0.3 is 5.97 Å². The van der Waals surface area contributed by atoms with Crippen LogP contribution in [0.3, 0.4) is 0 Å². The molecule has 94 valence electrons. The Hall–Kier alpha value is -1.59. The standard InChI is InChI=1S/C12H11ClN2O2S/c1-8-10(13)6-15(14-8)7-11-9(4-5-18-11)2-3-12(16)17/h2-6H,7H2,1H3,(H,16,17). The molecule has 1 N–H and O–H groups in total. The van der Waals surface area contributed by atoms with Gasteiger partial charge in [0, 0.05) is 17.2 Å². The molecular formula is C12H11ClN2O2S. The summed E-state index contributed by atoms with van der Waals surface area (Å²) in [6, 6.07) is 1.89. The Morgan fingerprint density at radius 3 is 3.06 bits per heavy atom. The normalized spacial score (nSPS) is 11.2. The van der Waals surface area contributed by atoms with Crippen molar-refractivity contribution in [2.45, 2.75) is 13.5 Å². The number of carbonyl (C=O) groups is 1. The summed E-state index contributed by atoms with van der Waals surface area (Å²) >= 11 is 7.50. The van der Waals surface area contributed by atoms with Crippen molar-refractivity contribution in [2.24, 2.45) is 0 Å². The van der Waals surface area contributed by atoms with E-state index in [0.717, 1.165) is 22.2 Å². The Labute approximate surface area is 113 Å². The summed E-state index contributed by atoms with van der Waals surface area (Å²) in [5.74, 6) is -0.954. The van der Waals surface area contributed by atoms with E-state index in [9.17, 15) is 4.79 Å². The Bertz CT molecular complexity index is 581. The van der Waals surface area contributed by atoms with Crippen LogP contribution in [0, 0.1) is 6.92 Å². The van der Waals surface area contributed by atoms with Gasteiger partial charge in [-0.25, -0.2) is 4.79 Å². The first-order chi connectivity index (χ1) is 8.56. The minimum absolute atomic E-state index is 0.588. The summed E-state index contributed by atoms with van der Waals surface area (Å²) in [4.78, 5) is 11.5. The summed E-state index contributed by atoms with van der Waals surface area (Å²) in [6.07, 6.45) is 4.49. The van der Waals surface area contributed by atoms with Crippen LogP contribution in [-0.2, 0) is 11.3 Å². The molecule has 0 aromatic carbocycles. The number of nitrogens with zero attached hydrogens (tertiary/aromatic N) is 2. The number of aliphatic carboxylic acids is 1. The van der Waals surface area contributed by atoms with Gasteiger partial charge in [-0.1, -0.05) is 11.6 Å². The average molecular weight is 283 g/mol. The van der Waals surface area contributed by atoms with Gasteiger partial charge in [-0.05, 0) is 30.0 Å². The maximum atomic E-state index is 10.5.